The number of rotatable bonds is 10. The summed E-state index contributed by atoms with van der Waals surface area (Å²) in [5, 5.41) is 0. The van der Waals surface area contributed by atoms with E-state index in [9.17, 15) is 0 Å². The van der Waals surface area contributed by atoms with Crippen LogP contribution in [0.15, 0.2) is 0 Å². The third-order valence-electron chi connectivity index (χ3n) is 2.17. The summed E-state index contributed by atoms with van der Waals surface area (Å²) >= 11 is 2.04. The van der Waals surface area contributed by atoms with Gasteiger partial charge in [0, 0.05) is 13.2 Å². The van der Waals surface area contributed by atoms with Crippen molar-refractivity contribution in [2.45, 2.75) is 46.2 Å². The van der Waals surface area contributed by atoms with Gasteiger partial charge >= 0.3 is 8.56 Å². The van der Waals surface area contributed by atoms with Gasteiger partial charge < -0.3 is 8.85 Å². The molecule has 0 radical (unpaired) electrons. The molecule has 15 heavy (non-hydrogen) atoms. The molecule has 0 atom stereocenters. The van der Waals surface area contributed by atoms with Gasteiger partial charge in [0.05, 0.1) is 0 Å². The number of hydrogen-bond acceptors (Lipinski definition) is 3. The van der Waals surface area contributed by atoms with Crippen LogP contribution in [0.1, 0.15) is 33.6 Å². The quantitative estimate of drug-likeness (QED) is 0.435. The van der Waals surface area contributed by atoms with E-state index >= 15 is 0 Å². The van der Waals surface area contributed by atoms with Crippen LogP contribution in [0, 0.1) is 0 Å². The molecule has 92 valence electrons. The Morgan fingerprint density at radius 1 is 1.00 bits per heavy atom. The third-order valence-corrected chi connectivity index (χ3v) is 6.50. The average molecular weight is 250 g/mol. The van der Waals surface area contributed by atoms with Gasteiger partial charge in [-0.3, -0.25) is 0 Å². The molecule has 0 fully saturated rings. The molecular weight excluding hydrogens is 224 g/mol. The van der Waals surface area contributed by atoms with Crippen LogP contribution in [-0.2, 0) is 8.85 Å². The van der Waals surface area contributed by atoms with Crippen LogP contribution in [0.3, 0.4) is 0 Å². The molecule has 0 unspecified atom stereocenters. The first-order valence-electron chi connectivity index (χ1n) is 6.04. The molecule has 2 nitrogen and oxygen atoms in total. The van der Waals surface area contributed by atoms with Crippen molar-refractivity contribution in [1.29, 1.82) is 0 Å². The van der Waals surface area contributed by atoms with Crippen LogP contribution in [0.25, 0.3) is 0 Å². The van der Waals surface area contributed by atoms with Gasteiger partial charge in [0.25, 0.3) is 0 Å². The van der Waals surface area contributed by atoms with Gasteiger partial charge in [-0.25, -0.2) is 0 Å². The number of hydrogen-bond donors (Lipinski definition) is 0. The zero-order valence-corrected chi connectivity index (χ0v) is 12.5. The maximum Gasteiger partial charge on any atom is 0.334 e. The minimum absolute atomic E-state index is 0.783. The van der Waals surface area contributed by atoms with Crippen molar-refractivity contribution in [3.05, 3.63) is 0 Å². The minimum atomic E-state index is -1.82. The lowest BCUT2D eigenvalue weighted by atomic mass is 10.6. The normalized spacial score (nSPS) is 12.0. The van der Waals surface area contributed by atoms with E-state index < -0.39 is 8.56 Å². The Bertz CT molecular complexity index is 139. The molecule has 4 heteroatoms. The van der Waals surface area contributed by atoms with Gasteiger partial charge in [-0.15, -0.1) is 0 Å². The summed E-state index contributed by atoms with van der Waals surface area (Å²) < 4.78 is 11.6. The first-order chi connectivity index (χ1) is 7.18. The van der Waals surface area contributed by atoms with E-state index in [2.05, 4.69) is 27.3 Å². The third kappa shape index (κ3) is 8.31. The topological polar surface area (TPSA) is 18.5 Å². The molecule has 0 amide bonds. The van der Waals surface area contributed by atoms with E-state index in [0.29, 0.717) is 0 Å². The first kappa shape index (κ1) is 15.5. The van der Waals surface area contributed by atoms with Crippen molar-refractivity contribution in [1.82, 2.24) is 0 Å². The summed E-state index contributed by atoms with van der Waals surface area (Å²) in [4.78, 5) is 0. The van der Waals surface area contributed by atoms with Crippen LogP contribution in [0.2, 0.25) is 12.6 Å². The van der Waals surface area contributed by atoms with Crippen molar-refractivity contribution >= 4 is 20.3 Å². The van der Waals surface area contributed by atoms with Crippen molar-refractivity contribution < 1.29 is 8.85 Å². The second-order valence-electron chi connectivity index (χ2n) is 3.72. The molecule has 0 spiro atoms. The lowest BCUT2D eigenvalue weighted by Gasteiger charge is -2.25. The van der Waals surface area contributed by atoms with Crippen LogP contribution < -0.4 is 0 Å². The summed E-state index contributed by atoms with van der Waals surface area (Å²) in [6, 6.07) is 1.13. The van der Waals surface area contributed by atoms with Crippen LogP contribution >= 0.6 is 11.8 Å². The van der Waals surface area contributed by atoms with Crippen LogP contribution in [-0.4, -0.2) is 33.3 Å². The highest BCUT2D eigenvalue weighted by Gasteiger charge is 2.29. The van der Waals surface area contributed by atoms with Gasteiger partial charge in [-0.2, -0.15) is 11.8 Å². The van der Waals surface area contributed by atoms with E-state index in [0.717, 1.165) is 19.3 Å². The second-order valence-corrected chi connectivity index (χ2v) is 8.29. The fraction of sp³-hybridized carbons (Fsp3) is 1.00. The molecule has 0 N–H and O–H groups in total. The predicted octanol–water partition coefficient (Wildman–Crippen LogP) is 3.66. The molecule has 0 aliphatic heterocycles. The second kappa shape index (κ2) is 9.69. The highest BCUT2D eigenvalue weighted by molar-refractivity contribution is 7.99. The zero-order chi connectivity index (χ0) is 11.6. The van der Waals surface area contributed by atoms with Crippen molar-refractivity contribution in [3.63, 3.8) is 0 Å². The monoisotopic (exact) mass is 250 g/mol. The Morgan fingerprint density at radius 2 is 1.60 bits per heavy atom. The fourth-order valence-electron chi connectivity index (χ4n) is 1.54. The lowest BCUT2D eigenvalue weighted by molar-refractivity contribution is 0.189. The Morgan fingerprint density at radius 3 is 2.07 bits per heavy atom. The van der Waals surface area contributed by atoms with Gasteiger partial charge in [-0.1, -0.05) is 6.92 Å². The molecule has 0 bridgehead atoms. The molecule has 0 rings (SSSR count). The standard InChI is InChI=1S/C11H26O2SSi/c1-5-9-14-10-8-11-15(4,12-6-2)13-7-3/h5-11H2,1-4H3. The molecule has 0 saturated heterocycles. The maximum absolute atomic E-state index is 5.78. The summed E-state index contributed by atoms with van der Waals surface area (Å²) in [6.45, 7) is 10.1. The Labute approximate surface area is 100 Å². The SMILES string of the molecule is CCCSCCC[Si](C)(OCC)OCC. The Balaban J connectivity index is 3.65. The van der Waals surface area contributed by atoms with E-state index in [-0.39, 0.29) is 0 Å². The summed E-state index contributed by atoms with van der Waals surface area (Å²) in [5.74, 6) is 2.53. The van der Waals surface area contributed by atoms with E-state index in [4.69, 9.17) is 8.85 Å². The molecule has 0 heterocycles. The zero-order valence-electron chi connectivity index (χ0n) is 10.7. The van der Waals surface area contributed by atoms with E-state index in [1.807, 2.05) is 11.8 Å². The molecule has 0 aromatic heterocycles. The average Bonchev–Trinajstić information content (AvgIpc) is 2.18. The van der Waals surface area contributed by atoms with Crippen molar-refractivity contribution in [3.8, 4) is 0 Å². The number of thioether (sulfide) groups is 1. The van der Waals surface area contributed by atoms with E-state index in [1.54, 1.807) is 0 Å². The van der Waals surface area contributed by atoms with Gasteiger partial charge in [0.2, 0.25) is 0 Å². The fourth-order valence-corrected chi connectivity index (χ4v) is 5.05. The molecule has 0 aliphatic rings. The highest BCUT2D eigenvalue weighted by Crippen LogP contribution is 2.18. The van der Waals surface area contributed by atoms with Crippen molar-refractivity contribution in [2.75, 3.05) is 24.7 Å². The molecule has 0 aliphatic carbocycles. The smallest absolute Gasteiger partial charge is 0.334 e. The first-order valence-corrected chi connectivity index (χ1v) is 9.72. The van der Waals surface area contributed by atoms with Crippen molar-refractivity contribution in [2.24, 2.45) is 0 Å². The van der Waals surface area contributed by atoms with Gasteiger partial charge in [0.15, 0.2) is 0 Å². The molecule has 0 aromatic carbocycles. The molecular formula is C11H26O2SSi. The summed E-state index contributed by atoms with van der Waals surface area (Å²) in [6.07, 6.45) is 2.50. The highest BCUT2D eigenvalue weighted by atomic mass is 32.2. The van der Waals surface area contributed by atoms with Crippen LogP contribution in [0.5, 0.6) is 0 Å². The lowest BCUT2D eigenvalue weighted by Crippen LogP contribution is -2.38. The summed E-state index contributed by atoms with van der Waals surface area (Å²) in [7, 11) is -1.82. The van der Waals surface area contributed by atoms with Gasteiger partial charge in [-0.05, 0) is 50.8 Å². The van der Waals surface area contributed by atoms with E-state index in [1.165, 1.54) is 24.3 Å². The summed E-state index contributed by atoms with van der Waals surface area (Å²) in [5.41, 5.74) is 0. The minimum Gasteiger partial charge on any atom is -0.395 e. The molecule has 0 aromatic rings. The molecule has 0 saturated carbocycles. The largest absolute Gasteiger partial charge is 0.395 e. The Kier molecular flexibility index (Phi) is 10.0. The van der Waals surface area contributed by atoms with Gasteiger partial charge in [0.1, 0.15) is 0 Å². The predicted molar refractivity (Wildman–Crippen MR) is 71.9 cm³/mol. The maximum atomic E-state index is 5.78. The Hall–Kier alpha value is 0.487. The van der Waals surface area contributed by atoms with Crippen LogP contribution in [0.4, 0.5) is 0 Å².